The average Bonchev–Trinajstić information content (AvgIpc) is 2.43. The van der Waals surface area contributed by atoms with Crippen molar-refractivity contribution in [3.63, 3.8) is 0 Å². The molecule has 1 amide bonds. The molecule has 21 heavy (non-hydrogen) atoms. The zero-order valence-corrected chi connectivity index (χ0v) is 10.4. The molecule has 0 aromatic heterocycles. The highest BCUT2D eigenvalue weighted by Gasteiger charge is 2.13. The third kappa shape index (κ3) is 3.71. The van der Waals surface area contributed by atoms with Crippen molar-refractivity contribution in [2.75, 3.05) is 5.32 Å². The summed E-state index contributed by atoms with van der Waals surface area (Å²) in [5.41, 5.74) is -0.533. The van der Waals surface area contributed by atoms with E-state index >= 15 is 0 Å². The van der Waals surface area contributed by atoms with E-state index in [0.29, 0.717) is 0 Å². The van der Waals surface area contributed by atoms with Crippen LogP contribution in [0.3, 0.4) is 0 Å². The Hall–Kier alpha value is -2.57. The Morgan fingerprint density at radius 3 is 2.10 bits per heavy atom. The van der Waals surface area contributed by atoms with Crippen LogP contribution in [0.2, 0.25) is 0 Å². The molecule has 2 aromatic rings. The van der Waals surface area contributed by atoms with Crippen molar-refractivity contribution in [1.82, 2.24) is 0 Å². The molecular formula is C14H9F4NO2. The molecule has 3 nitrogen and oxygen atoms in total. The highest BCUT2D eigenvalue weighted by molar-refractivity contribution is 6.04. The summed E-state index contributed by atoms with van der Waals surface area (Å²) in [6.45, 7) is -2.97. The van der Waals surface area contributed by atoms with Crippen LogP contribution in [-0.2, 0) is 0 Å². The molecule has 0 atom stereocenters. The Morgan fingerprint density at radius 1 is 1.00 bits per heavy atom. The standard InChI is InChI=1S/C14H9F4NO2/c15-10-2-1-3-11(16)12(10)19-13(20)8-4-6-9(7-5-8)21-14(17)18/h1-7,14H,(H,19,20). The SMILES string of the molecule is O=C(Nc1c(F)cccc1F)c1ccc(OC(F)F)cc1. The summed E-state index contributed by atoms with van der Waals surface area (Å²) in [5, 5.41) is 2.08. The minimum absolute atomic E-state index is 0.0410. The van der Waals surface area contributed by atoms with Crippen LogP contribution in [0.15, 0.2) is 42.5 Å². The second-order valence-corrected chi connectivity index (χ2v) is 3.95. The lowest BCUT2D eigenvalue weighted by molar-refractivity contribution is -0.0498. The fourth-order valence-electron chi connectivity index (χ4n) is 1.59. The highest BCUT2D eigenvalue weighted by Crippen LogP contribution is 2.20. The van der Waals surface area contributed by atoms with Gasteiger partial charge in [-0.15, -0.1) is 0 Å². The fourth-order valence-corrected chi connectivity index (χ4v) is 1.59. The molecule has 0 radical (unpaired) electrons. The molecule has 0 aliphatic heterocycles. The number of benzene rings is 2. The molecule has 0 bridgehead atoms. The van der Waals surface area contributed by atoms with Crippen molar-refractivity contribution in [2.24, 2.45) is 0 Å². The first-order chi connectivity index (χ1) is 9.97. The monoisotopic (exact) mass is 299 g/mol. The van der Waals surface area contributed by atoms with Crippen molar-refractivity contribution >= 4 is 11.6 Å². The Labute approximate surface area is 117 Å². The Bertz CT molecular complexity index is 624. The van der Waals surface area contributed by atoms with Gasteiger partial charge in [0.2, 0.25) is 0 Å². The van der Waals surface area contributed by atoms with Crippen LogP contribution >= 0.6 is 0 Å². The number of hydrogen-bond donors (Lipinski definition) is 1. The predicted molar refractivity (Wildman–Crippen MR) is 67.4 cm³/mol. The van der Waals surface area contributed by atoms with Gasteiger partial charge in [-0.3, -0.25) is 4.79 Å². The predicted octanol–water partition coefficient (Wildman–Crippen LogP) is 3.82. The van der Waals surface area contributed by atoms with E-state index in [0.717, 1.165) is 30.3 Å². The maximum atomic E-state index is 13.4. The van der Waals surface area contributed by atoms with Gasteiger partial charge in [0.15, 0.2) is 0 Å². The molecule has 0 aliphatic rings. The fraction of sp³-hybridized carbons (Fsp3) is 0.0714. The average molecular weight is 299 g/mol. The summed E-state index contributed by atoms with van der Waals surface area (Å²) >= 11 is 0. The second kappa shape index (κ2) is 6.25. The number of alkyl halides is 2. The molecule has 0 spiro atoms. The second-order valence-electron chi connectivity index (χ2n) is 3.95. The third-order valence-corrected chi connectivity index (χ3v) is 2.54. The quantitative estimate of drug-likeness (QED) is 0.872. The lowest BCUT2D eigenvalue weighted by Gasteiger charge is -2.08. The number of carbonyl (C=O) groups is 1. The van der Waals surface area contributed by atoms with Gasteiger partial charge in [-0.2, -0.15) is 8.78 Å². The zero-order chi connectivity index (χ0) is 15.4. The van der Waals surface area contributed by atoms with Gasteiger partial charge in [-0.05, 0) is 36.4 Å². The molecule has 0 saturated heterocycles. The first kappa shape index (κ1) is 14.8. The van der Waals surface area contributed by atoms with E-state index in [1.54, 1.807) is 0 Å². The lowest BCUT2D eigenvalue weighted by Crippen LogP contribution is -2.14. The molecular weight excluding hydrogens is 290 g/mol. The summed E-state index contributed by atoms with van der Waals surface area (Å²) < 4.78 is 54.8. The summed E-state index contributed by atoms with van der Waals surface area (Å²) in [5.74, 6) is -2.73. The van der Waals surface area contributed by atoms with Crippen LogP contribution in [0.5, 0.6) is 5.75 Å². The number of anilines is 1. The number of halogens is 4. The van der Waals surface area contributed by atoms with Crippen LogP contribution in [0.25, 0.3) is 0 Å². The number of hydrogen-bond acceptors (Lipinski definition) is 2. The van der Waals surface area contributed by atoms with Crippen molar-refractivity contribution < 1.29 is 27.1 Å². The molecule has 0 unspecified atom stereocenters. The van der Waals surface area contributed by atoms with E-state index < -0.39 is 29.8 Å². The van der Waals surface area contributed by atoms with E-state index in [9.17, 15) is 22.4 Å². The van der Waals surface area contributed by atoms with E-state index in [4.69, 9.17) is 0 Å². The number of nitrogens with one attached hydrogen (secondary N) is 1. The molecule has 0 saturated carbocycles. The minimum atomic E-state index is -2.97. The number of rotatable bonds is 4. The highest BCUT2D eigenvalue weighted by atomic mass is 19.3. The topological polar surface area (TPSA) is 38.3 Å². The van der Waals surface area contributed by atoms with Gasteiger partial charge in [0, 0.05) is 5.56 Å². The van der Waals surface area contributed by atoms with E-state index in [1.165, 1.54) is 12.1 Å². The molecule has 0 fully saturated rings. The van der Waals surface area contributed by atoms with Crippen LogP contribution in [0.1, 0.15) is 10.4 Å². The van der Waals surface area contributed by atoms with Crippen LogP contribution in [0.4, 0.5) is 23.2 Å². The van der Waals surface area contributed by atoms with Crippen LogP contribution < -0.4 is 10.1 Å². The van der Waals surface area contributed by atoms with Gasteiger partial charge in [0.1, 0.15) is 23.1 Å². The summed E-state index contributed by atoms with van der Waals surface area (Å²) in [7, 11) is 0. The molecule has 2 aromatic carbocycles. The number of para-hydroxylation sites is 1. The van der Waals surface area contributed by atoms with Crippen molar-refractivity contribution in [2.45, 2.75) is 6.61 Å². The van der Waals surface area contributed by atoms with Crippen molar-refractivity contribution in [1.29, 1.82) is 0 Å². The first-order valence-corrected chi connectivity index (χ1v) is 5.77. The third-order valence-electron chi connectivity index (χ3n) is 2.54. The summed E-state index contributed by atoms with van der Waals surface area (Å²) in [6, 6.07) is 7.86. The van der Waals surface area contributed by atoms with E-state index in [1.807, 2.05) is 0 Å². The number of ether oxygens (including phenoxy) is 1. The first-order valence-electron chi connectivity index (χ1n) is 5.77. The van der Waals surface area contributed by atoms with Crippen molar-refractivity contribution in [3.05, 3.63) is 59.7 Å². The van der Waals surface area contributed by atoms with Crippen LogP contribution in [-0.4, -0.2) is 12.5 Å². The number of amides is 1. The molecule has 110 valence electrons. The molecule has 0 aliphatic carbocycles. The maximum Gasteiger partial charge on any atom is 0.387 e. The lowest BCUT2D eigenvalue weighted by atomic mass is 10.2. The Balaban J connectivity index is 2.13. The molecule has 0 heterocycles. The summed E-state index contributed by atoms with van der Waals surface area (Å²) in [6.07, 6.45) is 0. The van der Waals surface area contributed by atoms with Crippen LogP contribution in [0, 0.1) is 11.6 Å². The van der Waals surface area contributed by atoms with Gasteiger partial charge in [0.05, 0.1) is 0 Å². The molecule has 7 heteroatoms. The molecule has 2 rings (SSSR count). The van der Waals surface area contributed by atoms with Gasteiger partial charge in [0.25, 0.3) is 5.91 Å². The zero-order valence-electron chi connectivity index (χ0n) is 10.4. The van der Waals surface area contributed by atoms with E-state index in [-0.39, 0.29) is 11.3 Å². The molecule has 1 N–H and O–H groups in total. The minimum Gasteiger partial charge on any atom is -0.435 e. The Morgan fingerprint density at radius 2 is 1.57 bits per heavy atom. The van der Waals surface area contributed by atoms with Gasteiger partial charge < -0.3 is 10.1 Å². The Kier molecular flexibility index (Phi) is 4.42. The van der Waals surface area contributed by atoms with Crippen molar-refractivity contribution in [3.8, 4) is 5.75 Å². The van der Waals surface area contributed by atoms with Gasteiger partial charge >= 0.3 is 6.61 Å². The normalized spacial score (nSPS) is 10.5. The van der Waals surface area contributed by atoms with Gasteiger partial charge in [-0.25, -0.2) is 8.78 Å². The summed E-state index contributed by atoms with van der Waals surface area (Å²) in [4.78, 5) is 11.8. The maximum absolute atomic E-state index is 13.4. The smallest absolute Gasteiger partial charge is 0.387 e. The number of carbonyl (C=O) groups excluding carboxylic acids is 1. The largest absolute Gasteiger partial charge is 0.435 e. The van der Waals surface area contributed by atoms with E-state index in [2.05, 4.69) is 10.1 Å². The van der Waals surface area contributed by atoms with Gasteiger partial charge in [-0.1, -0.05) is 6.07 Å².